The predicted octanol–water partition coefficient (Wildman–Crippen LogP) is 2.93. The topological polar surface area (TPSA) is 38.7 Å². The van der Waals surface area contributed by atoms with E-state index in [2.05, 4.69) is 0 Å². The van der Waals surface area contributed by atoms with Crippen molar-refractivity contribution in [1.29, 1.82) is 0 Å². The first-order valence-electron chi connectivity index (χ1n) is 6.11. The lowest BCUT2D eigenvalue weighted by molar-refractivity contribution is 0.0850. The first-order valence-corrected chi connectivity index (χ1v) is 6.11. The zero-order chi connectivity index (χ0) is 12.7. The molecule has 0 saturated carbocycles. The van der Waals surface area contributed by atoms with Crippen molar-refractivity contribution in [2.75, 3.05) is 13.7 Å². The Labute approximate surface area is 103 Å². The largest absolute Gasteiger partial charge is 0.494 e. The van der Waals surface area contributed by atoms with Crippen LogP contribution in [-0.4, -0.2) is 24.9 Å². The summed E-state index contributed by atoms with van der Waals surface area (Å²) in [6.45, 7) is 4.59. The van der Waals surface area contributed by atoms with Crippen molar-refractivity contribution in [2.45, 2.75) is 38.9 Å². The molecule has 0 bridgehead atoms. The van der Waals surface area contributed by atoms with E-state index in [4.69, 9.17) is 9.47 Å². The van der Waals surface area contributed by atoms with Crippen molar-refractivity contribution in [3.8, 4) is 5.75 Å². The van der Waals surface area contributed by atoms with Gasteiger partial charge in [-0.1, -0.05) is 12.1 Å². The van der Waals surface area contributed by atoms with Crippen LogP contribution in [0.3, 0.4) is 0 Å². The summed E-state index contributed by atoms with van der Waals surface area (Å²) in [7, 11) is 1.69. The maximum Gasteiger partial charge on any atom is 0.119 e. The molecular formula is C14H22O3. The first kappa shape index (κ1) is 14.0. The van der Waals surface area contributed by atoms with Gasteiger partial charge < -0.3 is 14.6 Å². The van der Waals surface area contributed by atoms with Gasteiger partial charge in [0.25, 0.3) is 0 Å². The number of rotatable bonds is 7. The van der Waals surface area contributed by atoms with Crippen LogP contribution in [0.2, 0.25) is 0 Å². The van der Waals surface area contributed by atoms with Crippen molar-refractivity contribution >= 4 is 0 Å². The second-order valence-corrected chi connectivity index (χ2v) is 4.14. The average Bonchev–Trinajstić information content (AvgIpc) is 2.36. The fourth-order valence-electron chi connectivity index (χ4n) is 1.66. The maximum absolute atomic E-state index is 10.0. The molecule has 1 aromatic carbocycles. The lowest BCUT2D eigenvalue weighted by Gasteiger charge is -2.15. The van der Waals surface area contributed by atoms with Crippen molar-refractivity contribution in [1.82, 2.24) is 0 Å². The highest BCUT2D eigenvalue weighted by molar-refractivity contribution is 5.29. The standard InChI is InChI=1S/C14H22O3/c1-4-17-13-7-5-6-12(10-13)14(15)9-8-11(2)16-3/h5-7,10-11,14-15H,4,8-9H2,1-3H3. The summed E-state index contributed by atoms with van der Waals surface area (Å²) in [5, 5.41) is 10.0. The Hall–Kier alpha value is -1.06. The second kappa shape index (κ2) is 7.30. The number of aliphatic hydroxyl groups excluding tert-OH is 1. The molecule has 3 nitrogen and oxygen atoms in total. The first-order chi connectivity index (χ1) is 8.17. The van der Waals surface area contributed by atoms with E-state index in [1.54, 1.807) is 7.11 Å². The Morgan fingerprint density at radius 3 is 2.71 bits per heavy atom. The molecule has 0 heterocycles. The molecule has 0 aliphatic carbocycles. The quantitative estimate of drug-likeness (QED) is 0.793. The van der Waals surface area contributed by atoms with Crippen molar-refractivity contribution in [3.05, 3.63) is 29.8 Å². The minimum Gasteiger partial charge on any atom is -0.494 e. The summed E-state index contributed by atoms with van der Waals surface area (Å²) in [6.07, 6.45) is 1.27. The zero-order valence-corrected chi connectivity index (χ0v) is 10.8. The molecule has 0 radical (unpaired) electrons. The van der Waals surface area contributed by atoms with Crippen molar-refractivity contribution in [3.63, 3.8) is 0 Å². The van der Waals surface area contributed by atoms with Crippen LogP contribution in [0.5, 0.6) is 5.75 Å². The minimum absolute atomic E-state index is 0.180. The monoisotopic (exact) mass is 238 g/mol. The summed E-state index contributed by atoms with van der Waals surface area (Å²) >= 11 is 0. The van der Waals surface area contributed by atoms with Crippen LogP contribution in [0.25, 0.3) is 0 Å². The van der Waals surface area contributed by atoms with Gasteiger partial charge >= 0.3 is 0 Å². The normalized spacial score (nSPS) is 14.4. The van der Waals surface area contributed by atoms with Gasteiger partial charge in [-0.25, -0.2) is 0 Å². The Morgan fingerprint density at radius 1 is 1.29 bits per heavy atom. The summed E-state index contributed by atoms with van der Waals surface area (Å²) in [5.74, 6) is 0.809. The Kier molecular flexibility index (Phi) is 6.01. The number of ether oxygens (including phenoxy) is 2. The Balaban J connectivity index is 2.55. The molecule has 1 aromatic rings. The molecule has 1 N–H and O–H groups in total. The third-order valence-electron chi connectivity index (χ3n) is 2.80. The van der Waals surface area contributed by atoms with Gasteiger partial charge in [-0.3, -0.25) is 0 Å². The van der Waals surface area contributed by atoms with Crippen LogP contribution in [0, 0.1) is 0 Å². The lowest BCUT2D eigenvalue weighted by Crippen LogP contribution is -2.07. The molecule has 0 saturated heterocycles. The third kappa shape index (κ3) is 4.75. The van der Waals surface area contributed by atoms with Crippen LogP contribution in [-0.2, 0) is 4.74 Å². The summed E-state index contributed by atoms with van der Waals surface area (Å²) in [4.78, 5) is 0. The molecule has 96 valence electrons. The number of hydrogen-bond donors (Lipinski definition) is 1. The van der Waals surface area contributed by atoms with E-state index in [9.17, 15) is 5.11 Å². The van der Waals surface area contributed by atoms with Gasteiger partial charge in [0, 0.05) is 7.11 Å². The SMILES string of the molecule is CCOc1cccc(C(O)CCC(C)OC)c1. The lowest BCUT2D eigenvalue weighted by atomic mass is 10.0. The van der Waals surface area contributed by atoms with E-state index in [0.29, 0.717) is 13.0 Å². The molecule has 2 atom stereocenters. The Bertz CT molecular complexity index is 325. The number of hydrogen-bond acceptors (Lipinski definition) is 3. The minimum atomic E-state index is -0.451. The zero-order valence-electron chi connectivity index (χ0n) is 10.8. The fourth-order valence-corrected chi connectivity index (χ4v) is 1.66. The van der Waals surface area contributed by atoms with E-state index >= 15 is 0 Å². The molecule has 0 aliphatic rings. The van der Waals surface area contributed by atoms with Gasteiger partial charge in [0.15, 0.2) is 0 Å². The van der Waals surface area contributed by atoms with E-state index in [-0.39, 0.29) is 6.10 Å². The molecule has 0 fully saturated rings. The molecule has 2 unspecified atom stereocenters. The van der Waals surface area contributed by atoms with Gasteiger partial charge in [-0.2, -0.15) is 0 Å². The highest BCUT2D eigenvalue weighted by Crippen LogP contribution is 2.23. The summed E-state index contributed by atoms with van der Waals surface area (Å²) in [6, 6.07) is 7.62. The molecule has 17 heavy (non-hydrogen) atoms. The molecule has 0 spiro atoms. The molecule has 1 rings (SSSR count). The Morgan fingerprint density at radius 2 is 2.06 bits per heavy atom. The van der Waals surface area contributed by atoms with E-state index < -0.39 is 6.10 Å². The van der Waals surface area contributed by atoms with Crippen LogP contribution < -0.4 is 4.74 Å². The van der Waals surface area contributed by atoms with Gasteiger partial charge in [0.05, 0.1) is 18.8 Å². The number of benzene rings is 1. The van der Waals surface area contributed by atoms with Gasteiger partial charge in [0.2, 0.25) is 0 Å². The highest BCUT2D eigenvalue weighted by Gasteiger charge is 2.10. The molecule has 0 amide bonds. The van der Waals surface area contributed by atoms with Crippen LogP contribution in [0.15, 0.2) is 24.3 Å². The summed E-state index contributed by atoms with van der Waals surface area (Å²) in [5.41, 5.74) is 0.902. The van der Waals surface area contributed by atoms with Crippen LogP contribution in [0.1, 0.15) is 38.4 Å². The number of methoxy groups -OCH3 is 1. The molecule has 3 heteroatoms. The molecule has 0 aromatic heterocycles. The smallest absolute Gasteiger partial charge is 0.119 e. The molecular weight excluding hydrogens is 216 g/mol. The van der Waals surface area contributed by atoms with Gasteiger partial charge in [-0.15, -0.1) is 0 Å². The average molecular weight is 238 g/mol. The van der Waals surface area contributed by atoms with Crippen LogP contribution >= 0.6 is 0 Å². The van der Waals surface area contributed by atoms with E-state index in [0.717, 1.165) is 17.7 Å². The second-order valence-electron chi connectivity index (χ2n) is 4.14. The molecule has 0 aliphatic heterocycles. The van der Waals surface area contributed by atoms with Crippen molar-refractivity contribution in [2.24, 2.45) is 0 Å². The maximum atomic E-state index is 10.0. The van der Waals surface area contributed by atoms with Gasteiger partial charge in [-0.05, 0) is 44.4 Å². The van der Waals surface area contributed by atoms with Gasteiger partial charge in [0.1, 0.15) is 5.75 Å². The van der Waals surface area contributed by atoms with Crippen LogP contribution in [0.4, 0.5) is 0 Å². The predicted molar refractivity (Wildman–Crippen MR) is 68.3 cm³/mol. The summed E-state index contributed by atoms with van der Waals surface area (Å²) < 4.78 is 10.6. The van der Waals surface area contributed by atoms with Crippen molar-refractivity contribution < 1.29 is 14.6 Å². The van der Waals surface area contributed by atoms with E-state index in [1.807, 2.05) is 38.1 Å². The number of aliphatic hydroxyl groups is 1. The highest BCUT2D eigenvalue weighted by atomic mass is 16.5. The fraction of sp³-hybridized carbons (Fsp3) is 0.571. The third-order valence-corrected chi connectivity index (χ3v) is 2.80. The van der Waals surface area contributed by atoms with E-state index in [1.165, 1.54) is 0 Å².